The minimum Gasteiger partial charge on any atom is -0.368 e. The van der Waals surface area contributed by atoms with Crippen LogP contribution >= 0.6 is 0 Å². The van der Waals surface area contributed by atoms with Crippen molar-refractivity contribution in [3.63, 3.8) is 0 Å². The molecular formula is C24H23F2N7. The molecule has 0 aliphatic rings. The van der Waals surface area contributed by atoms with E-state index in [9.17, 15) is 8.78 Å². The number of anilines is 3. The van der Waals surface area contributed by atoms with Crippen LogP contribution in [0.25, 0.3) is 22.4 Å². The van der Waals surface area contributed by atoms with E-state index in [1.54, 1.807) is 12.1 Å². The number of halogens is 2. The highest BCUT2D eigenvalue weighted by atomic mass is 19.1. The number of hydrogen-bond acceptors (Lipinski definition) is 7. The van der Waals surface area contributed by atoms with E-state index in [-0.39, 0.29) is 17.6 Å². The lowest BCUT2D eigenvalue weighted by molar-refractivity contribution is 0.624. The van der Waals surface area contributed by atoms with E-state index in [0.29, 0.717) is 35.7 Å². The number of nitrogen functional groups attached to an aromatic ring is 1. The first-order chi connectivity index (χ1) is 15.9. The smallest absolute Gasteiger partial charge is 0.222 e. The van der Waals surface area contributed by atoms with E-state index in [1.807, 2.05) is 26.0 Å². The van der Waals surface area contributed by atoms with E-state index >= 15 is 0 Å². The molecule has 1 aromatic carbocycles. The van der Waals surface area contributed by atoms with Gasteiger partial charge in [0, 0.05) is 36.2 Å². The Morgan fingerprint density at radius 1 is 0.818 bits per heavy atom. The summed E-state index contributed by atoms with van der Waals surface area (Å²) < 4.78 is 27.4. The van der Waals surface area contributed by atoms with Crippen molar-refractivity contribution >= 4 is 17.6 Å². The Bertz CT molecular complexity index is 1260. The van der Waals surface area contributed by atoms with Crippen LogP contribution in [0.2, 0.25) is 0 Å². The number of nitrogens with zero attached hydrogens (tertiary/aromatic N) is 4. The standard InChI is InChI=1S/C24H23F2N7/c1-14-12-17(13-15(2)31-14)20-21(16-5-7-18(25)8-6-16)32-24(27)33-23(20)30-11-10-29-22-19(26)4-3-9-28-22/h3-9,12-13H,10-11H2,1-2H3,(H,28,29)(H3,27,30,32,33). The number of rotatable bonds is 7. The fraction of sp³-hybridized carbons (Fsp3) is 0.167. The second-order valence-electron chi connectivity index (χ2n) is 7.49. The monoisotopic (exact) mass is 447 g/mol. The summed E-state index contributed by atoms with van der Waals surface area (Å²) in [7, 11) is 0. The summed E-state index contributed by atoms with van der Waals surface area (Å²) in [6.45, 7) is 4.61. The van der Waals surface area contributed by atoms with Gasteiger partial charge < -0.3 is 16.4 Å². The molecule has 0 bridgehead atoms. The number of nitrogens with one attached hydrogen (secondary N) is 2. The molecule has 4 N–H and O–H groups in total. The van der Waals surface area contributed by atoms with Crippen molar-refractivity contribution in [3.05, 3.63) is 77.8 Å². The number of pyridine rings is 2. The summed E-state index contributed by atoms with van der Waals surface area (Å²) in [5.74, 6) is -0.00839. The zero-order valence-electron chi connectivity index (χ0n) is 18.2. The molecule has 0 saturated carbocycles. The predicted octanol–water partition coefficient (Wildman–Crippen LogP) is 4.60. The molecule has 7 nitrogen and oxygen atoms in total. The Morgan fingerprint density at radius 3 is 2.15 bits per heavy atom. The lowest BCUT2D eigenvalue weighted by Gasteiger charge is -2.17. The third kappa shape index (κ3) is 5.20. The Morgan fingerprint density at radius 2 is 1.48 bits per heavy atom. The summed E-state index contributed by atoms with van der Waals surface area (Å²) in [6.07, 6.45) is 1.52. The minimum absolute atomic E-state index is 0.0757. The second kappa shape index (κ2) is 9.56. The van der Waals surface area contributed by atoms with E-state index in [2.05, 4.69) is 30.6 Å². The maximum absolute atomic E-state index is 13.8. The summed E-state index contributed by atoms with van der Waals surface area (Å²) in [4.78, 5) is 17.3. The topological polar surface area (TPSA) is 102 Å². The lowest BCUT2D eigenvalue weighted by Crippen LogP contribution is -2.17. The number of aryl methyl sites for hydroxylation is 2. The van der Waals surface area contributed by atoms with Crippen LogP contribution in [0.3, 0.4) is 0 Å². The summed E-state index contributed by atoms with van der Waals surface area (Å²) >= 11 is 0. The Hall–Kier alpha value is -4.14. The summed E-state index contributed by atoms with van der Waals surface area (Å²) in [5.41, 5.74) is 10.5. The van der Waals surface area contributed by atoms with Crippen molar-refractivity contribution in [2.24, 2.45) is 0 Å². The first kappa shape index (κ1) is 22.1. The predicted molar refractivity (Wildman–Crippen MR) is 126 cm³/mol. The molecule has 3 aromatic heterocycles. The van der Waals surface area contributed by atoms with Crippen LogP contribution in [0.5, 0.6) is 0 Å². The largest absolute Gasteiger partial charge is 0.368 e. The quantitative estimate of drug-likeness (QED) is 0.356. The molecule has 0 spiro atoms. The van der Waals surface area contributed by atoms with Gasteiger partial charge in [0.1, 0.15) is 11.6 Å². The van der Waals surface area contributed by atoms with Crippen molar-refractivity contribution in [2.45, 2.75) is 13.8 Å². The van der Waals surface area contributed by atoms with Crippen LogP contribution in [-0.4, -0.2) is 33.0 Å². The third-order valence-corrected chi connectivity index (χ3v) is 4.88. The fourth-order valence-corrected chi connectivity index (χ4v) is 3.55. The van der Waals surface area contributed by atoms with Crippen molar-refractivity contribution < 1.29 is 8.78 Å². The molecule has 0 aliphatic heterocycles. The van der Waals surface area contributed by atoms with Gasteiger partial charge in [0.2, 0.25) is 5.95 Å². The average molecular weight is 447 g/mol. The van der Waals surface area contributed by atoms with Gasteiger partial charge in [-0.3, -0.25) is 4.98 Å². The number of aromatic nitrogens is 4. The van der Waals surface area contributed by atoms with Crippen LogP contribution in [0, 0.1) is 25.5 Å². The highest BCUT2D eigenvalue weighted by Gasteiger charge is 2.18. The summed E-state index contributed by atoms with van der Waals surface area (Å²) in [5, 5.41) is 6.22. The van der Waals surface area contributed by atoms with Gasteiger partial charge in [-0.05, 0) is 67.9 Å². The number of hydrogen-bond donors (Lipinski definition) is 3. The minimum atomic E-state index is -0.425. The second-order valence-corrected chi connectivity index (χ2v) is 7.49. The van der Waals surface area contributed by atoms with Gasteiger partial charge in [0.25, 0.3) is 0 Å². The van der Waals surface area contributed by atoms with Gasteiger partial charge in [-0.1, -0.05) is 0 Å². The van der Waals surface area contributed by atoms with Gasteiger partial charge in [0.15, 0.2) is 11.6 Å². The van der Waals surface area contributed by atoms with E-state index < -0.39 is 5.82 Å². The SMILES string of the molecule is Cc1cc(-c2c(NCCNc3ncccc3F)nc(N)nc2-c2ccc(F)cc2)cc(C)n1. The molecule has 4 aromatic rings. The molecule has 0 atom stereocenters. The van der Waals surface area contributed by atoms with Crippen LogP contribution in [-0.2, 0) is 0 Å². The third-order valence-electron chi connectivity index (χ3n) is 4.88. The van der Waals surface area contributed by atoms with Crippen molar-refractivity contribution in [1.29, 1.82) is 0 Å². The molecule has 0 saturated heterocycles. The fourth-order valence-electron chi connectivity index (χ4n) is 3.55. The molecule has 9 heteroatoms. The number of benzene rings is 1. The molecule has 0 unspecified atom stereocenters. The Labute approximate surface area is 190 Å². The van der Waals surface area contributed by atoms with E-state index in [4.69, 9.17) is 5.73 Å². The van der Waals surface area contributed by atoms with E-state index in [0.717, 1.165) is 17.0 Å². The lowest BCUT2D eigenvalue weighted by atomic mass is 9.99. The highest BCUT2D eigenvalue weighted by molar-refractivity contribution is 5.89. The molecule has 168 valence electrons. The first-order valence-electron chi connectivity index (χ1n) is 10.4. The maximum atomic E-state index is 13.8. The molecule has 0 radical (unpaired) electrons. The van der Waals surface area contributed by atoms with Crippen LogP contribution in [0.1, 0.15) is 11.4 Å². The van der Waals surface area contributed by atoms with E-state index in [1.165, 1.54) is 30.5 Å². The van der Waals surface area contributed by atoms with Gasteiger partial charge in [-0.15, -0.1) is 0 Å². The molecule has 0 amide bonds. The molecule has 3 heterocycles. The molecule has 33 heavy (non-hydrogen) atoms. The first-order valence-corrected chi connectivity index (χ1v) is 10.4. The van der Waals surface area contributed by atoms with Crippen LogP contribution in [0.15, 0.2) is 54.7 Å². The Kier molecular flexibility index (Phi) is 6.39. The Balaban J connectivity index is 1.70. The van der Waals surface area contributed by atoms with Gasteiger partial charge in [-0.2, -0.15) is 4.98 Å². The van der Waals surface area contributed by atoms with Gasteiger partial charge >= 0.3 is 0 Å². The molecule has 0 aliphatic carbocycles. The van der Waals surface area contributed by atoms with Gasteiger partial charge in [-0.25, -0.2) is 18.7 Å². The van der Waals surface area contributed by atoms with Crippen LogP contribution < -0.4 is 16.4 Å². The molecule has 0 fully saturated rings. The van der Waals surface area contributed by atoms with Crippen molar-refractivity contribution in [2.75, 3.05) is 29.5 Å². The maximum Gasteiger partial charge on any atom is 0.222 e. The average Bonchev–Trinajstić information content (AvgIpc) is 2.77. The molecule has 4 rings (SSSR count). The molecular weight excluding hydrogens is 424 g/mol. The van der Waals surface area contributed by atoms with Crippen LogP contribution in [0.4, 0.5) is 26.4 Å². The zero-order valence-corrected chi connectivity index (χ0v) is 18.2. The van der Waals surface area contributed by atoms with Gasteiger partial charge in [0.05, 0.1) is 11.3 Å². The highest BCUT2D eigenvalue weighted by Crippen LogP contribution is 2.36. The number of nitrogens with two attached hydrogens (primary N) is 1. The normalized spacial score (nSPS) is 10.8. The zero-order chi connectivity index (χ0) is 23.4. The van der Waals surface area contributed by atoms with Crippen molar-refractivity contribution in [3.8, 4) is 22.4 Å². The summed E-state index contributed by atoms with van der Waals surface area (Å²) in [6, 6.07) is 12.8. The van der Waals surface area contributed by atoms with Crippen molar-refractivity contribution in [1.82, 2.24) is 19.9 Å².